The van der Waals surface area contributed by atoms with E-state index in [1.54, 1.807) is 12.1 Å². The molecule has 20 heavy (non-hydrogen) atoms. The van der Waals surface area contributed by atoms with E-state index >= 15 is 0 Å². The SMILES string of the molecule is CCCN(Cc1cc(Cl)ccc1C#N)c1ccccc1. The summed E-state index contributed by atoms with van der Waals surface area (Å²) in [5.74, 6) is 0. The van der Waals surface area contributed by atoms with Crippen molar-refractivity contribution in [3.05, 3.63) is 64.7 Å². The van der Waals surface area contributed by atoms with Gasteiger partial charge in [0.25, 0.3) is 0 Å². The standard InChI is InChI=1S/C17H17ClN2/c1-2-10-20(17-6-4-3-5-7-17)13-15-11-16(18)9-8-14(15)12-19/h3-9,11H,2,10,13H2,1H3. The molecular weight excluding hydrogens is 268 g/mol. The first-order valence-corrected chi connectivity index (χ1v) is 7.11. The predicted octanol–water partition coefficient (Wildman–Crippen LogP) is 4.63. The van der Waals surface area contributed by atoms with Crippen LogP contribution in [0.25, 0.3) is 0 Å². The van der Waals surface area contributed by atoms with Crippen molar-refractivity contribution in [2.24, 2.45) is 0 Å². The minimum Gasteiger partial charge on any atom is -0.367 e. The van der Waals surface area contributed by atoms with Gasteiger partial charge in [-0.25, -0.2) is 0 Å². The Balaban J connectivity index is 2.29. The number of nitriles is 1. The van der Waals surface area contributed by atoms with Gasteiger partial charge in [-0.1, -0.05) is 36.7 Å². The van der Waals surface area contributed by atoms with Crippen molar-refractivity contribution in [2.45, 2.75) is 19.9 Å². The predicted molar refractivity (Wildman–Crippen MR) is 84.0 cm³/mol. The van der Waals surface area contributed by atoms with Crippen molar-refractivity contribution < 1.29 is 0 Å². The van der Waals surface area contributed by atoms with Gasteiger partial charge in [0.2, 0.25) is 0 Å². The molecule has 3 heteroatoms. The molecule has 2 aromatic rings. The van der Waals surface area contributed by atoms with Gasteiger partial charge in [-0.05, 0) is 42.3 Å². The lowest BCUT2D eigenvalue weighted by molar-refractivity contribution is 0.766. The van der Waals surface area contributed by atoms with E-state index in [4.69, 9.17) is 11.6 Å². The zero-order chi connectivity index (χ0) is 14.4. The number of anilines is 1. The summed E-state index contributed by atoms with van der Waals surface area (Å²) in [5, 5.41) is 9.88. The van der Waals surface area contributed by atoms with E-state index in [0.717, 1.165) is 18.5 Å². The van der Waals surface area contributed by atoms with Crippen LogP contribution in [0, 0.1) is 11.3 Å². The number of halogens is 1. The summed E-state index contributed by atoms with van der Waals surface area (Å²) in [5.41, 5.74) is 2.82. The van der Waals surface area contributed by atoms with Gasteiger partial charge in [0.1, 0.15) is 0 Å². The maximum absolute atomic E-state index is 9.21. The first-order valence-electron chi connectivity index (χ1n) is 6.73. The van der Waals surface area contributed by atoms with Crippen molar-refractivity contribution in [1.82, 2.24) is 0 Å². The van der Waals surface area contributed by atoms with Crippen LogP contribution in [-0.2, 0) is 6.54 Å². The number of para-hydroxylation sites is 1. The summed E-state index contributed by atoms with van der Waals surface area (Å²) in [4.78, 5) is 2.27. The van der Waals surface area contributed by atoms with Gasteiger partial charge >= 0.3 is 0 Å². The summed E-state index contributed by atoms with van der Waals surface area (Å²) >= 11 is 6.05. The van der Waals surface area contributed by atoms with E-state index in [2.05, 4.69) is 30.0 Å². The van der Waals surface area contributed by atoms with E-state index in [-0.39, 0.29) is 0 Å². The molecule has 2 aromatic carbocycles. The molecule has 0 spiro atoms. The fourth-order valence-electron chi connectivity index (χ4n) is 2.22. The van der Waals surface area contributed by atoms with Crippen LogP contribution in [0.4, 0.5) is 5.69 Å². The van der Waals surface area contributed by atoms with Crippen LogP contribution >= 0.6 is 11.6 Å². The first kappa shape index (κ1) is 14.4. The van der Waals surface area contributed by atoms with Gasteiger partial charge in [-0.15, -0.1) is 0 Å². The second-order valence-electron chi connectivity index (χ2n) is 4.67. The number of hydrogen-bond donors (Lipinski definition) is 0. The van der Waals surface area contributed by atoms with Gasteiger partial charge in [0.15, 0.2) is 0 Å². The van der Waals surface area contributed by atoms with Crippen molar-refractivity contribution in [3.8, 4) is 6.07 Å². The van der Waals surface area contributed by atoms with Crippen LogP contribution < -0.4 is 4.90 Å². The monoisotopic (exact) mass is 284 g/mol. The molecule has 0 aliphatic rings. The van der Waals surface area contributed by atoms with E-state index in [1.807, 2.05) is 24.3 Å². The van der Waals surface area contributed by atoms with Crippen LogP contribution in [-0.4, -0.2) is 6.54 Å². The van der Waals surface area contributed by atoms with E-state index in [0.29, 0.717) is 17.1 Å². The molecule has 0 bridgehead atoms. The molecular formula is C17H17ClN2. The molecule has 0 saturated carbocycles. The Labute approximate surface area is 125 Å². The molecule has 2 nitrogen and oxygen atoms in total. The molecule has 0 fully saturated rings. The van der Waals surface area contributed by atoms with Crippen LogP contribution in [0.3, 0.4) is 0 Å². The zero-order valence-corrected chi connectivity index (χ0v) is 12.3. The molecule has 2 rings (SSSR count). The molecule has 0 aliphatic heterocycles. The smallest absolute Gasteiger partial charge is 0.0995 e. The maximum Gasteiger partial charge on any atom is 0.0995 e. The molecule has 0 amide bonds. The van der Waals surface area contributed by atoms with Gasteiger partial charge in [0.05, 0.1) is 11.6 Å². The van der Waals surface area contributed by atoms with E-state index in [9.17, 15) is 5.26 Å². The normalized spacial score (nSPS) is 10.1. The molecule has 0 atom stereocenters. The number of hydrogen-bond acceptors (Lipinski definition) is 2. The van der Waals surface area contributed by atoms with Crippen LogP contribution in [0.5, 0.6) is 0 Å². The highest BCUT2D eigenvalue weighted by atomic mass is 35.5. The minimum atomic E-state index is 0.670. The summed E-state index contributed by atoms with van der Waals surface area (Å²) in [6, 6.07) is 17.9. The highest BCUT2D eigenvalue weighted by Gasteiger charge is 2.10. The lowest BCUT2D eigenvalue weighted by atomic mass is 10.1. The topological polar surface area (TPSA) is 27.0 Å². The highest BCUT2D eigenvalue weighted by molar-refractivity contribution is 6.30. The molecule has 0 aromatic heterocycles. The molecule has 0 N–H and O–H groups in total. The Morgan fingerprint density at radius 3 is 2.55 bits per heavy atom. The Morgan fingerprint density at radius 2 is 1.90 bits per heavy atom. The third-order valence-electron chi connectivity index (χ3n) is 3.16. The quantitative estimate of drug-likeness (QED) is 0.800. The Morgan fingerprint density at radius 1 is 1.15 bits per heavy atom. The van der Waals surface area contributed by atoms with Gasteiger partial charge in [-0.3, -0.25) is 0 Å². The van der Waals surface area contributed by atoms with Crippen molar-refractivity contribution in [3.63, 3.8) is 0 Å². The van der Waals surface area contributed by atoms with Crippen LogP contribution in [0.1, 0.15) is 24.5 Å². The third kappa shape index (κ3) is 3.53. The zero-order valence-electron chi connectivity index (χ0n) is 11.5. The van der Waals surface area contributed by atoms with Crippen molar-refractivity contribution in [1.29, 1.82) is 5.26 Å². The summed E-state index contributed by atoms with van der Waals surface area (Å²) in [7, 11) is 0. The molecule has 0 heterocycles. The first-order chi connectivity index (χ1) is 9.74. The molecule has 0 radical (unpaired) electrons. The Kier molecular flexibility index (Phi) is 5.03. The largest absolute Gasteiger partial charge is 0.367 e. The summed E-state index contributed by atoms with van der Waals surface area (Å²) in [6.07, 6.45) is 1.05. The average Bonchev–Trinajstić information content (AvgIpc) is 2.48. The van der Waals surface area contributed by atoms with E-state index < -0.39 is 0 Å². The molecule has 0 aliphatic carbocycles. The van der Waals surface area contributed by atoms with Gasteiger partial charge in [-0.2, -0.15) is 5.26 Å². The highest BCUT2D eigenvalue weighted by Crippen LogP contribution is 2.21. The summed E-state index contributed by atoms with van der Waals surface area (Å²) in [6.45, 7) is 3.79. The maximum atomic E-state index is 9.21. The minimum absolute atomic E-state index is 0.670. The number of nitrogens with zero attached hydrogens (tertiary/aromatic N) is 2. The van der Waals surface area contributed by atoms with Crippen molar-refractivity contribution in [2.75, 3.05) is 11.4 Å². The van der Waals surface area contributed by atoms with Gasteiger partial charge in [0, 0.05) is 23.8 Å². The fourth-order valence-corrected chi connectivity index (χ4v) is 2.41. The molecule has 0 saturated heterocycles. The van der Waals surface area contributed by atoms with Crippen LogP contribution in [0.15, 0.2) is 48.5 Å². The van der Waals surface area contributed by atoms with Crippen molar-refractivity contribution >= 4 is 17.3 Å². The Hall–Kier alpha value is -1.98. The lowest BCUT2D eigenvalue weighted by Gasteiger charge is -2.25. The van der Waals surface area contributed by atoms with Gasteiger partial charge < -0.3 is 4.90 Å². The average molecular weight is 285 g/mol. The fraction of sp³-hybridized carbons (Fsp3) is 0.235. The third-order valence-corrected chi connectivity index (χ3v) is 3.40. The number of rotatable bonds is 5. The lowest BCUT2D eigenvalue weighted by Crippen LogP contribution is -2.23. The second-order valence-corrected chi connectivity index (χ2v) is 5.11. The molecule has 102 valence electrons. The van der Waals surface area contributed by atoms with E-state index in [1.165, 1.54) is 5.69 Å². The summed E-state index contributed by atoms with van der Waals surface area (Å²) < 4.78 is 0. The van der Waals surface area contributed by atoms with Crippen LogP contribution in [0.2, 0.25) is 5.02 Å². The number of benzene rings is 2. The second kappa shape index (κ2) is 6.98. The molecule has 0 unspecified atom stereocenters. The Bertz CT molecular complexity index is 602.